The van der Waals surface area contributed by atoms with Crippen molar-refractivity contribution in [3.63, 3.8) is 0 Å². The van der Waals surface area contributed by atoms with Crippen LogP contribution in [0, 0.1) is 10.1 Å². The lowest BCUT2D eigenvalue weighted by Crippen LogP contribution is -2.16. The lowest BCUT2D eigenvalue weighted by Gasteiger charge is -2.10. The first-order valence-corrected chi connectivity index (χ1v) is 8.03. The molecular weight excluding hydrogens is 322 g/mol. The molecule has 0 aromatic heterocycles. The van der Waals surface area contributed by atoms with E-state index in [1.54, 1.807) is 6.07 Å². The number of carbonyl (C=O) groups is 2. The lowest BCUT2D eigenvalue weighted by atomic mass is 9.98. The number of benzene rings is 2. The molecule has 2 aromatic carbocycles. The van der Waals surface area contributed by atoms with E-state index in [1.807, 2.05) is 26.0 Å². The van der Waals surface area contributed by atoms with Crippen LogP contribution in [0.3, 0.4) is 0 Å². The topological polar surface area (TPSA) is 86.5 Å². The van der Waals surface area contributed by atoms with Crippen molar-refractivity contribution in [2.24, 2.45) is 0 Å². The van der Waals surface area contributed by atoms with E-state index in [9.17, 15) is 19.7 Å². The van der Waals surface area contributed by atoms with Gasteiger partial charge >= 0.3 is 5.97 Å². The Labute approximate surface area is 145 Å². The van der Waals surface area contributed by atoms with Crippen LogP contribution in [-0.2, 0) is 17.6 Å². The van der Waals surface area contributed by atoms with E-state index in [0.717, 1.165) is 17.5 Å². The van der Waals surface area contributed by atoms with Crippen molar-refractivity contribution in [1.29, 1.82) is 0 Å². The molecule has 0 aliphatic carbocycles. The third-order valence-corrected chi connectivity index (χ3v) is 3.92. The van der Waals surface area contributed by atoms with E-state index < -0.39 is 17.5 Å². The van der Waals surface area contributed by atoms with Crippen molar-refractivity contribution < 1.29 is 19.2 Å². The van der Waals surface area contributed by atoms with Crippen LogP contribution in [0.2, 0.25) is 0 Å². The molecule has 0 amide bonds. The molecule has 0 atom stereocenters. The van der Waals surface area contributed by atoms with Gasteiger partial charge in [0.2, 0.25) is 5.78 Å². The third kappa shape index (κ3) is 4.29. The molecule has 0 saturated heterocycles. The van der Waals surface area contributed by atoms with Crippen LogP contribution in [0.5, 0.6) is 0 Å². The summed E-state index contributed by atoms with van der Waals surface area (Å²) in [6.07, 6.45) is 1.48. The van der Waals surface area contributed by atoms with Gasteiger partial charge in [0, 0.05) is 11.6 Å². The number of hydrogen-bond donors (Lipinski definition) is 0. The normalized spacial score (nSPS) is 10.3. The summed E-state index contributed by atoms with van der Waals surface area (Å²) in [5.74, 6) is -1.20. The monoisotopic (exact) mass is 341 g/mol. The maximum absolute atomic E-state index is 12.4. The molecule has 0 radical (unpaired) electrons. The van der Waals surface area contributed by atoms with Gasteiger partial charge in [-0.25, -0.2) is 4.79 Å². The molecule has 2 aromatic rings. The summed E-state index contributed by atoms with van der Waals surface area (Å²) in [6.45, 7) is 3.48. The van der Waals surface area contributed by atoms with Crippen molar-refractivity contribution in [3.8, 4) is 0 Å². The molecule has 6 heteroatoms. The Morgan fingerprint density at radius 1 is 1.04 bits per heavy atom. The molecule has 0 saturated carbocycles. The van der Waals surface area contributed by atoms with Crippen LogP contribution in [0.25, 0.3) is 0 Å². The van der Waals surface area contributed by atoms with Gasteiger partial charge in [-0.05, 0) is 36.1 Å². The van der Waals surface area contributed by atoms with Crippen LogP contribution in [0.4, 0.5) is 5.69 Å². The zero-order chi connectivity index (χ0) is 18.4. The number of aryl methyl sites for hydroxylation is 2. The highest BCUT2D eigenvalue weighted by Gasteiger charge is 2.22. The molecule has 0 N–H and O–H groups in total. The molecule has 0 aliphatic heterocycles. The highest BCUT2D eigenvalue weighted by molar-refractivity contribution is 6.01. The van der Waals surface area contributed by atoms with Crippen molar-refractivity contribution in [3.05, 3.63) is 74.8 Å². The fraction of sp³-hybridized carbons (Fsp3) is 0.263. The van der Waals surface area contributed by atoms with Crippen molar-refractivity contribution >= 4 is 17.4 Å². The predicted octanol–water partition coefficient (Wildman–Crippen LogP) is 3.76. The third-order valence-electron chi connectivity index (χ3n) is 3.92. The van der Waals surface area contributed by atoms with E-state index in [1.165, 1.54) is 24.3 Å². The number of nitro groups is 1. The van der Waals surface area contributed by atoms with Crippen LogP contribution < -0.4 is 0 Å². The fourth-order valence-corrected chi connectivity index (χ4v) is 2.50. The Kier molecular flexibility index (Phi) is 6.00. The molecular formula is C19H19NO5. The Hall–Kier alpha value is -3.02. The Morgan fingerprint density at radius 3 is 2.40 bits per heavy atom. The molecule has 25 heavy (non-hydrogen) atoms. The Morgan fingerprint density at radius 2 is 1.76 bits per heavy atom. The van der Waals surface area contributed by atoms with Gasteiger partial charge in [0.1, 0.15) is 5.56 Å². The number of esters is 1. The van der Waals surface area contributed by atoms with E-state index in [0.29, 0.717) is 12.0 Å². The van der Waals surface area contributed by atoms with Gasteiger partial charge in [-0.3, -0.25) is 14.9 Å². The van der Waals surface area contributed by atoms with E-state index in [2.05, 4.69) is 0 Å². The summed E-state index contributed by atoms with van der Waals surface area (Å²) < 4.78 is 5.02. The van der Waals surface area contributed by atoms with Gasteiger partial charge in [0.05, 0.1) is 4.92 Å². The molecule has 0 heterocycles. The molecule has 0 bridgehead atoms. The van der Waals surface area contributed by atoms with Gasteiger partial charge in [-0.1, -0.05) is 38.1 Å². The van der Waals surface area contributed by atoms with Crippen LogP contribution in [0.15, 0.2) is 42.5 Å². The number of carbonyl (C=O) groups excluding carboxylic acids is 2. The minimum absolute atomic E-state index is 0.168. The number of nitro benzene ring substituents is 1. The molecule has 130 valence electrons. The maximum atomic E-state index is 12.4. The average Bonchev–Trinajstić information content (AvgIpc) is 2.65. The summed E-state index contributed by atoms with van der Waals surface area (Å²) >= 11 is 0. The molecule has 0 fully saturated rings. The summed E-state index contributed by atoms with van der Waals surface area (Å²) in [5.41, 5.74) is 1.91. The standard InChI is InChI=1S/C19H19NO5/c1-3-13-9-10-14(4-2)16(11-13)18(21)12-25-19(22)15-7-5-6-8-17(15)20(23)24/h5-11H,3-4,12H2,1-2H3. The minimum Gasteiger partial charge on any atom is -0.454 e. The SMILES string of the molecule is CCc1ccc(CC)c(C(=O)COC(=O)c2ccccc2[N+](=O)[O-])c1. The second kappa shape index (κ2) is 8.19. The summed E-state index contributed by atoms with van der Waals surface area (Å²) in [6, 6.07) is 11.2. The number of ether oxygens (including phenoxy) is 1. The second-order valence-corrected chi connectivity index (χ2v) is 5.47. The highest BCUT2D eigenvalue weighted by Crippen LogP contribution is 2.19. The summed E-state index contributed by atoms with van der Waals surface area (Å²) in [4.78, 5) is 34.9. The first kappa shape index (κ1) is 18.3. The van der Waals surface area contributed by atoms with Gasteiger partial charge < -0.3 is 4.74 Å². The number of para-hydroxylation sites is 1. The average molecular weight is 341 g/mol. The van der Waals surface area contributed by atoms with E-state index in [4.69, 9.17) is 4.74 Å². The largest absolute Gasteiger partial charge is 0.454 e. The van der Waals surface area contributed by atoms with Gasteiger partial charge in [-0.2, -0.15) is 0 Å². The number of hydrogen-bond acceptors (Lipinski definition) is 5. The van der Waals surface area contributed by atoms with Gasteiger partial charge in [-0.15, -0.1) is 0 Å². The molecule has 6 nitrogen and oxygen atoms in total. The number of Topliss-reactive ketones (excluding diaryl/α,β-unsaturated/α-hetero) is 1. The quantitative estimate of drug-likeness (QED) is 0.331. The first-order chi connectivity index (χ1) is 12.0. The van der Waals surface area contributed by atoms with Crippen molar-refractivity contribution in [1.82, 2.24) is 0 Å². The van der Waals surface area contributed by atoms with Gasteiger partial charge in [0.15, 0.2) is 6.61 Å². The van der Waals surface area contributed by atoms with Crippen LogP contribution >= 0.6 is 0 Å². The van der Waals surface area contributed by atoms with Crippen molar-refractivity contribution in [2.45, 2.75) is 26.7 Å². The first-order valence-electron chi connectivity index (χ1n) is 8.03. The zero-order valence-corrected chi connectivity index (χ0v) is 14.2. The Balaban J connectivity index is 2.15. The number of nitrogens with zero attached hydrogens (tertiary/aromatic N) is 1. The zero-order valence-electron chi connectivity index (χ0n) is 14.2. The summed E-state index contributed by atoms with van der Waals surface area (Å²) in [5, 5.41) is 11.0. The molecule has 0 aliphatic rings. The lowest BCUT2D eigenvalue weighted by molar-refractivity contribution is -0.385. The predicted molar refractivity (Wildman–Crippen MR) is 92.9 cm³/mol. The number of rotatable bonds is 7. The number of ketones is 1. The van der Waals surface area contributed by atoms with Crippen LogP contribution in [-0.4, -0.2) is 23.3 Å². The van der Waals surface area contributed by atoms with Crippen molar-refractivity contribution in [2.75, 3.05) is 6.61 Å². The van der Waals surface area contributed by atoms with E-state index in [-0.39, 0.29) is 17.0 Å². The van der Waals surface area contributed by atoms with E-state index >= 15 is 0 Å². The highest BCUT2D eigenvalue weighted by atomic mass is 16.6. The summed E-state index contributed by atoms with van der Waals surface area (Å²) in [7, 11) is 0. The minimum atomic E-state index is -0.884. The smallest absolute Gasteiger partial charge is 0.345 e. The second-order valence-electron chi connectivity index (χ2n) is 5.47. The molecule has 2 rings (SSSR count). The molecule has 0 spiro atoms. The molecule has 0 unspecified atom stereocenters. The maximum Gasteiger partial charge on any atom is 0.345 e. The fourth-order valence-electron chi connectivity index (χ4n) is 2.50. The van der Waals surface area contributed by atoms with Gasteiger partial charge in [0.25, 0.3) is 5.69 Å². The van der Waals surface area contributed by atoms with Crippen LogP contribution in [0.1, 0.15) is 45.7 Å². The Bertz CT molecular complexity index is 813.